The Kier molecular flexibility index (Phi) is 4.53. The van der Waals surface area contributed by atoms with Gasteiger partial charge in [0.2, 0.25) is 0 Å². The van der Waals surface area contributed by atoms with Crippen LogP contribution in [0.15, 0.2) is 29.6 Å². The number of rotatable bonds is 4. The number of halogens is 3. The summed E-state index contributed by atoms with van der Waals surface area (Å²) < 4.78 is 41.2. The third-order valence-corrected chi connectivity index (χ3v) is 3.15. The van der Waals surface area contributed by atoms with Crippen molar-refractivity contribution >= 4 is 17.4 Å². The largest absolute Gasteiger partial charge is 0.416 e. The molecular weight excluding hydrogens is 307 g/mol. The standard InChI is InChI=1S/C12H10F3N3O2S/c13-12(14,15)8-3-1-2-7(4-8)10(19)5-16-11(20)9-6-21-18-17-9/h1-4,6,10,19H,5H2,(H,16,20)/t10-/m0/s1. The molecular formula is C12H10F3N3O2S. The number of aliphatic hydroxyl groups excluding tert-OH is 1. The summed E-state index contributed by atoms with van der Waals surface area (Å²) in [6.45, 7) is -0.225. The van der Waals surface area contributed by atoms with Gasteiger partial charge in [0.25, 0.3) is 5.91 Å². The van der Waals surface area contributed by atoms with Crippen LogP contribution in [0, 0.1) is 0 Å². The number of hydrogen-bond acceptors (Lipinski definition) is 5. The molecule has 2 rings (SSSR count). The Hall–Kier alpha value is -2.00. The van der Waals surface area contributed by atoms with Gasteiger partial charge in [-0.25, -0.2) is 0 Å². The summed E-state index contributed by atoms with van der Waals surface area (Å²) in [4.78, 5) is 11.6. The molecule has 0 saturated heterocycles. The molecule has 0 saturated carbocycles. The van der Waals surface area contributed by atoms with E-state index in [2.05, 4.69) is 14.9 Å². The fraction of sp³-hybridized carbons (Fsp3) is 0.250. The van der Waals surface area contributed by atoms with E-state index in [0.29, 0.717) is 0 Å². The second-order valence-corrected chi connectivity index (χ2v) is 4.75. The lowest BCUT2D eigenvalue weighted by Crippen LogP contribution is -2.28. The van der Waals surface area contributed by atoms with Gasteiger partial charge in [0.05, 0.1) is 11.7 Å². The summed E-state index contributed by atoms with van der Waals surface area (Å²) in [6, 6.07) is 4.32. The fourth-order valence-corrected chi connectivity index (χ4v) is 2.02. The van der Waals surface area contributed by atoms with Gasteiger partial charge in [0, 0.05) is 11.9 Å². The highest BCUT2D eigenvalue weighted by Crippen LogP contribution is 2.30. The Bertz CT molecular complexity index is 616. The number of carbonyl (C=O) groups excluding carboxylic acids is 1. The number of carbonyl (C=O) groups is 1. The molecule has 1 aromatic heterocycles. The summed E-state index contributed by atoms with van der Waals surface area (Å²) in [5.41, 5.74) is -0.688. The van der Waals surface area contributed by atoms with Crippen molar-refractivity contribution < 1.29 is 23.1 Å². The smallest absolute Gasteiger partial charge is 0.387 e. The van der Waals surface area contributed by atoms with Crippen LogP contribution in [-0.2, 0) is 6.18 Å². The predicted octanol–water partition coefficient (Wildman–Crippen LogP) is 2.02. The lowest BCUT2D eigenvalue weighted by Gasteiger charge is -2.14. The van der Waals surface area contributed by atoms with Crippen molar-refractivity contribution in [2.75, 3.05) is 6.54 Å². The van der Waals surface area contributed by atoms with Crippen molar-refractivity contribution in [3.8, 4) is 0 Å². The Labute approximate surface area is 121 Å². The minimum absolute atomic E-state index is 0.0709. The van der Waals surface area contributed by atoms with Gasteiger partial charge in [0.1, 0.15) is 0 Å². The van der Waals surface area contributed by atoms with Crippen molar-refractivity contribution in [3.63, 3.8) is 0 Å². The first kappa shape index (κ1) is 15.4. The Morgan fingerprint density at radius 3 is 2.81 bits per heavy atom. The quantitative estimate of drug-likeness (QED) is 0.905. The van der Waals surface area contributed by atoms with E-state index in [1.54, 1.807) is 0 Å². The van der Waals surface area contributed by atoms with Crippen molar-refractivity contribution in [1.29, 1.82) is 0 Å². The summed E-state index contributed by atoms with van der Waals surface area (Å²) in [5, 5.41) is 17.2. The normalized spacial score (nSPS) is 13.0. The van der Waals surface area contributed by atoms with Crippen LogP contribution in [0.1, 0.15) is 27.7 Å². The third kappa shape index (κ3) is 3.99. The second-order valence-electron chi connectivity index (χ2n) is 4.14. The van der Waals surface area contributed by atoms with Crippen molar-refractivity contribution in [1.82, 2.24) is 14.9 Å². The fourth-order valence-electron chi connectivity index (χ4n) is 1.58. The van der Waals surface area contributed by atoms with Crippen molar-refractivity contribution in [2.24, 2.45) is 0 Å². The molecule has 0 spiro atoms. The van der Waals surface area contributed by atoms with Crippen LogP contribution in [0.4, 0.5) is 13.2 Å². The molecule has 0 radical (unpaired) electrons. The number of aromatic nitrogens is 2. The van der Waals surface area contributed by atoms with Crippen LogP contribution in [0.2, 0.25) is 0 Å². The van der Waals surface area contributed by atoms with Crippen LogP contribution < -0.4 is 5.32 Å². The summed E-state index contributed by atoms with van der Waals surface area (Å²) in [5.74, 6) is -0.547. The molecule has 0 bridgehead atoms. The number of nitrogens with zero attached hydrogens (tertiary/aromatic N) is 2. The summed E-state index contributed by atoms with van der Waals surface area (Å²) in [6.07, 6.45) is -5.73. The zero-order valence-electron chi connectivity index (χ0n) is 10.5. The van der Waals surface area contributed by atoms with Crippen LogP contribution in [0.3, 0.4) is 0 Å². The molecule has 112 valence electrons. The number of benzene rings is 1. The van der Waals surface area contributed by atoms with E-state index in [1.165, 1.54) is 17.5 Å². The second kappa shape index (κ2) is 6.19. The molecule has 0 unspecified atom stereocenters. The van der Waals surface area contributed by atoms with E-state index in [1.807, 2.05) is 0 Å². The highest BCUT2D eigenvalue weighted by atomic mass is 32.1. The number of alkyl halides is 3. The van der Waals surface area contributed by atoms with E-state index in [4.69, 9.17) is 0 Å². The lowest BCUT2D eigenvalue weighted by atomic mass is 10.1. The molecule has 0 aliphatic rings. The van der Waals surface area contributed by atoms with E-state index in [9.17, 15) is 23.1 Å². The number of hydrogen-bond donors (Lipinski definition) is 2. The SMILES string of the molecule is O=C(NC[C@H](O)c1cccc(C(F)(F)F)c1)c1csnn1. The lowest BCUT2D eigenvalue weighted by molar-refractivity contribution is -0.137. The van der Waals surface area contributed by atoms with E-state index >= 15 is 0 Å². The molecule has 1 atom stereocenters. The number of aliphatic hydroxyl groups is 1. The average Bonchev–Trinajstić information content (AvgIpc) is 2.98. The molecule has 2 N–H and O–H groups in total. The maximum atomic E-state index is 12.6. The van der Waals surface area contributed by atoms with Gasteiger partial charge in [-0.3, -0.25) is 4.79 Å². The van der Waals surface area contributed by atoms with Gasteiger partial charge >= 0.3 is 6.18 Å². The Morgan fingerprint density at radius 2 is 2.19 bits per heavy atom. The van der Waals surface area contributed by atoms with Crippen LogP contribution in [0.5, 0.6) is 0 Å². The molecule has 21 heavy (non-hydrogen) atoms. The van der Waals surface area contributed by atoms with Crippen LogP contribution >= 0.6 is 11.5 Å². The molecule has 1 aromatic carbocycles. The van der Waals surface area contributed by atoms with E-state index in [0.717, 1.165) is 23.7 Å². The number of nitrogens with one attached hydrogen (secondary N) is 1. The topological polar surface area (TPSA) is 75.1 Å². The van der Waals surface area contributed by atoms with E-state index < -0.39 is 23.8 Å². The van der Waals surface area contributed by atoms with Gasteiger partial charge in [-0.15, -0.1) is 5.10 Å². The van der Waals surface area contributed by atoms with Crippen LogP contribution in [-0.4, -0.2) is 27.1 Å². The minimum atomic E-state index is -4.48. The highest BCUT2D eigenvalue weighted by Gasteiger charge is 2.30. The molecule has 0 aliphatic heterocycles. The molecule has 5 nitrogen and oxygen atoms in total. The Morgan fingerprint density at radius 1 is 1.43 bits per heavy atom. The zero-order valence-corrected chi connectivity index (χ0v) is 11.3. The molecule has 0 fully saturated rings. The summed E-state index contributed by atoms with van der Waals surface area (Å²) in [7, 11) is 0. The first-order chi connectivity index (χ1) is 9.88. The maximum Gasteiger partial charge on any atom is 0.416 e. The molecule has 2 aromatic rings. The molecule has 1 heterocycles. The van der Waals surface area contributed by atoms with Crippen molar-refractivity contribution in [2.45, 2.75) is 12.3 Å². The molecule has 0 aliphatic carbocycles. The summed E-state index contributed by atoms with van der Waals surface area (Å²) >= 11 is 0.994. The highest BCUT2D eigenvalue weighted by molar-refractivity contribution is 7.03. The van der Waals surface area contributed by atoms with Gasteiger partial charge in [-0.2, -0.15) is 13.2 Å². The van der Waals surface area contributed by atoms with Gasteiger partial charge in [-0.05, 0) is 29.2 Å². The molecule has 9 heteroatoms. The maximum absolute atomic E-state index is 12.6. The van der Waals surface area contributed by atoms with Gasteiger partial charge in [-0.1, -0.05) is 16.6 Å². The van der Waals surface area contributed by atoms with E-state index in [-0.39, 0.29) is 17.8 Å². The third-order valence-electron chi connectivity index (χ3n) is 2.65. The first-order valence-electron chi connectivity index (χ1n) is 5.78. The van der Waals surface area contributed by atoms with Gasteiger partial charge < -0.3 is 10.4 Å². The average molecular weight is 317 g/mol. The predicted molar refractivity (Wildman–Crippen MR) is 68.6 cm³/mol. The first-order valence-corrected chi connectivity index (χ1v) is 6.62. The monoisotopic (exact) mass is 317 g/mol. The van der Waals surface area contributed by atoms with Gasteiger partial charge in [0.15, 0.2) is 5.69 Å². The minimum Gasteiger partial charge on any atom is -0.387 e. The zero-order chi connectivity index (χ0) is 15.5. The number of amides is 1. The van der Waals surface area contributed by atoms with Crippen molar-refractivity contribution in [3.05, 3.63) is 46.5 Å². The van der Waals surface area contributed by atoms with Crippen LogP contribution in [0.25, 0.3) is 0 Å². The Balaban J connectivity index is 2.00. The molecule has 1 amide bonds.